The van der Waals surface area contributed by atoms with Gasteiger partial charge >= 0.3 is 0 Å². The van der Waals surface area contributed by atoms with Crippen LogP contribution in [0.5, 0.6) is 11.5 Å². The topological polar surface area (TPSA) is 85.3 Å². The number of hydrogen-bond acceptors (Lipinski definition) is 4. The number of primary amides is 1. The van der Waals surface area contributed by atoms with E-state index in [-0.39, 0.29) is 12.2 Å². The van der Waals surface area contributed by atoms with Gasteiger partial charge in [-0.25, -0.2) is 0 Å². The molecule has 0 heterocycles. The van der Waals surface area contributed by atoms with E-state index < -0.39 is 5.91 Å². The first-order valence-corrected chi connectivity index (χ1v) is 7.86. The summed E-state index contributed by atoms with van der Waals surface area (Å²) in [7, 11) is 1.49. The Morgan fingerprint density at radius 2 is 2.00 bits per heavy atom. The minimum Gasteiger partial charge on any atom is -0.493 e. The Hall–Kier alpha value is -2.68. The number of nitriles is 1. The standard InChI is InChI=1S/C18H14Cl2N2O3/c1-24-17-7-11(6-13(9-21)18(22)23)2-5-16(17)25-10-12-3-4-14(19)8-15(12)20/h2-8H,10H2,1H3,(H2,22,23)/b13-6+. The molecule has 0 aromatic heterocycles. The van der Waals surface area contributed by atoms with Crippen molar-refractivity contribution in [2.75, 3.05) is 7.11 Å². The van der Waals surface area contributed by atoms with E-state index in [1.807, 2.05) is 0 Å². The highest BCUT2D eigenvalue weighted by Crippen LogP contribution is 2.30. The third-order valence-electron chi connectivity index (χ3n) is 3.28. The van der Waals surface area contributed by atoms with Crippen LogP contribution >= 0.6 is 23.2 Å². The van der Waals surface area contributed by atoms with Crippen LogP contribution in [0.2, 0.25) is 10.0 Å². The van der Waals surface area contributed by atoms with E-state index in [9.17, 15) is 4.79 Å². The van der Waals surface area contributed by atoms with Crippen molar-refractivity contribution >= 4 is 35.2 Å². The number of rotatable bonds is 6. The van der Waals surface area contributed by atoms with Gasteiger partial charge in [-0.2, -0.15) is 5.26 Å². The molecule has 0 aliphatic carbocycles. The number of carbonyl (C=O) groups excluding carboxylic acids is 1. The number of amides is 1. The summed E-state index contributed by atoms with van der Waals surface area (Å²) in [5, 5.41) is 9.95. The van der Waals surface area contributed by atoms with Crippen molar-refractivity contribution in [1.82, 2.24) is 0 Å². The fourth-order valence-corrected chi connectivity index (χ4v) is 2.48. The van der Waals surface area contributed by atoms with E-state index in [0.29, 0.717) is 27.1 Å². The predicted octanol–water partition coefficient (Wildman–Crippen LogP) is 3.97. The third kappa shape index (κ3) is 4.90. The molecule has 0 unspecified atom stereocenters. The Bertz CT molecular complexity index is 873. The lowest BCUT2D eigenvalue weighted by atomic mass is 10.1. The summed E-state index contributed by atoms with van der Waals surface area (Å²) >= 11 is 12.0. The second kappa shape index (κ2) is 8.43. The van der Waals surface area contributed by atoms with Crippen molar-refractivity contribution < 1.29 is 14.3 Å². The number of nitrogens with two attached hydrogens (primary N) is 1. The van der Waals surface area contributed by atoms with Crippen LogP contribution in [0.15, 0.2) is 42.0 Å². The molecule has 0 fully saturated rings. The van der Waals surface area contributed by atoms with Crippen LogP contribution in [0, 0.1) is 11.3 Å². The first kappa shape index (κ1) is 18.7. The van der Waals surface area contributed by atoms with Gasteiger partial charge in [0, 0.05) is 15.6 Å². The fourth-order valence-electron chi connectivity index (χ4n) is 2.01. The molecule has 5 nitrogen and oxygen atoms in total. The largest absolute Gasteiger partial charge is 0.493 e. The molecule has 0 aliphatic heterocycles. The molecular weight excluding hydrogens is 363 g/mol. The molecule has 7 heteroatoms. The lowest BCUT2D eigenvalue weighted by Crippen LogP contribution is -2.12. The molecule has 0 saturated carbocycles. The van der Waals surface area contributed by atoms with Crippen LogP contribution in [-0.4, -0.2) is 13.0 Å². The van der Waals surface area contributed by atoms with Gasteiger partial charge in [0.15, 0.2) is 11.5 Å². The Balaban J connectivity index is 2.22. The van der Waals surface area contributed by atoms with Crippen LogP contribution in [0.1, 0.15) is 11.1 Å². The van der Waals surface area contributed by atoms with Gasteiger partial charge in [0.2, 0.25) is 0 Å². The summed E-state index contributed by atoms with van der Waals surface area (Å²) in [6, 6.07) is 11.9. The van der Waals surface area contributed by atoms with Crippen LogP contribution in [-0.2, 0) is 11.4 Å². The molecule has 128 valence electrons. The molecule has 2 aromatic carbocycles. The number of halogens is 2. The van der Waals surface area contributed by atoms with Gasteiger partial charge < -0.3 is 15.2 Å². The average molecular weight is 377 g/mol. The molecule has 2 N–H and O–H groups in total. The molecule has 0 spiro atoms. The van der Waals surface area contributed by atoms with Gasteiger partial charge in [0.1, 0.15) is 18.2 Å². The third-order valence-corrected chi connectivity index (χ3v) is 3.87. The van der Waals surface area contributed by atoms with Gasteiger partial charge in [-0.3, -0.25) is 4.79 Å². The second-order valence-corrected chi connectivity index (χ2v) is 5.81. The summed E-state index contributed by atoms with van der Waals surface area (Å²) in [6.45, 7) is 0.228. The van der Waals surface area contributed by atoms with E-state index in [1.54, 1.807) is 42.5 Å². The number of methoxy groups -OCH3 is 1. The summed E-state index contributed by atoms with van der Waals surface area (Å²) in [4.78, 5) is 11.1. The molecule has 0 saturated heterocycles. The van der Waals surface area contributed by atoms with Crippen molar-refractivity contribution in [3.8, 4) is 17.6 Å². The van der Waals surface area contributed by atoms with Gasteiger partial charge in [-0.15, -0.1) is 0 Å². The van der Waals surface area contributed by atoms with Crippen molar-refractivity contribution in [3.05, 3.63) is 63.1 Å². The maximum atomic E-state index is 11.1. The Morgan fingerprint density at radius 3 is 2.60 bits per heavy atom. The Labute approximate surface area is 155 Å². The monoisotopic (exact) mass is 376 g/mol. The molecule has 1 amide bonds. The molecule has 2 rings (SSSR count). The molecular formula is C18H14Cl2N2O3. The van der Waals surface area contributed by atoms with Crippen LogP contribution in [0.25, 0.3) is 6.08 Å². The Morgan fingerprint density at radius 1 is 1.24 bits per heavy atom. The first-order chi connectivity index (χ1) is 11.9. The van der Waals surface area contributed by atoms with E-state index in [0.717, 1.165) is 5.56 Å². The number of ether oxygens (including phenoxy) is 2. The first-order valence-electron chi connectivity index (χ1n) is 7.11. The maximum absolute atomic E-state index is 11.1. The van der Waals surface area contributed by atoms with E-state index >= 15 is 0 Å². The average Bonchev–Trinajstić information content (AvgIpc) is 2.59. The number of benzene rings is 2. The molecule has 25 heavy (non-hydrogen) atoms. The van der Waals surface area contributed by atoms with Crippen LogP contribution in [0.4, 0.5) is 0 Å². The predicted molar refractivity (Wildman–Crippen MR) is 96.6 cm³/mol. The Kier molecular flexibility index (Phi) is 6.29. The molecule has 0 atom stereocenters. The molecule has 0 radical (unpaired) electrons. The smallest absolute Gasteiger partial charge is 0.259 e. The van der Waals surface area contributed by atoms with Crippen molar-refractivity contribution in [3.63, 3.8) is 0 Å². The highest BCUT2D eigenvalue weighted by molar-refractivity contribution is 6.35. The van der Waals surface area contributed by atoms with Gasteiger partial charge in [0.05, 0.1) is 7.11 Å². The van der Waals surface area contributed by atoms with E-state index in [4.69, 9.17) is 43.7 Å². The van der Waals surface area contributed by atoms with Crippen molar-refractivity contribution in [2.24, 2.45) is 5.73 Å². The van der Waals surface area contributed by atoms with Crippen molar-refractivity contribution in [1.29, 1.82) is 5.26 Å². The fraction of sp³-hybridized carbons (Fsp3) is 0.111. The number of hydrogen-bond donors (Lipinski definition) is 1. The summed E-state index contributed by atoms with van der Waals surface area (Å²) in [5.41, 5.74) is 6.34. The normalized spacial score (nSPS) is 10.9. The van der Waals surface area contributed by atoms with Crippen molar-refractivity contribution in [2.45, 2.75) is 6.61 Å². The zero-order valence-corrected chi connectivity index (χ0v) is 14.8. The van der Waals surface area contributed by atoms with Crippen LogP contribution in [0.3, 0.4) is 0 Å². The highest BCUT2D eigenvalue weighted by Gasteiger charge is 2.09. The lowest BCUT2D eigenvalue weighted by Gasteiger charge is -2.12. The summed E-state index contributed by atoms with van der Waals surface area (Å²) in [5.74, 6) is 0.142. The molecule has 2 aromatic rings. The quantitative estimate of drug-likeness (QED) is 0.610. The zero-order chi connectivity index (χ0) is 18.4. The van der Waals surface area contributed by atoms with Gasteiger partial charge in [0.25, 0.3) is 5.91 Å². The van der Waals surface area contributed by atoms with Crippen LogP contribution < -0.4 is 15.2 Å². The second-order valence-electron chi connectivity index (χ2n) is 4.97. The number of carbonyl (C=O) groups is 1. The number of nitrogens with zero attached hydrogens (tertiary/aromatic N) is 1. The minimum absolute atomic E-state index is 0.149. The van der Waals surface area contributed by atoms with Gasteiger partial charge in [-0.05, 0) is 35.9 Å². The summed E-state index contributed by atoms with van der Waals surface area (Å²) in [6.07, 6.45) is 1.38. The zero-order valence-electron chi connectivity index (χ0n) is 13.3. The molecule has 0 bridgehead atoms. The molecule has 0 aliphatic rings. The highest BCUT2D eigenvalue weighted by atomic mass is 35.5. The lowest BCUT2D eigenvalue weighted by molar-refractivity contribution is -0.114. The van der Waals surface area contributed by atoms with E-state index in [2.05, 4.69) is 0 Å². The SMILES string of the molecule is COc1cc(/C=C(\C#N)C(N)=O)ccc1OCc1ccc(Cl)cc1Cl. The minimum atomic E-state index is -0.792. The van der Waals surface area contributed by atoms with Gasteiger partial charge in [-0.1, -0.05) is 35.3 Å². The van der Waals surface area contributed by atoms with E-state index in [1.165, 1.54) is 13.2 Å². The summed E-state index contributed by atoms with van der Waals surface area (Å²) < 4.78 is 11.0. The maximum Gasteiger partial charge on any atom is 0.259 e.